The first kappa shape index (κ1) is 15.5. The fraction of sp³-hybridized carbons (Fsp3) is 0.600. The second kappa shape index (κ2) is 7.80. The molecule has 0 aliphatic heterocycles. The molecule has 1 rings (SSSR count). The number of rotatable bonds is 7. The summed E-state index contributed by atoms with van der Waals surface area (Å²) in [4.78, 5) is 0. The molecule has 0 aromatic heterocycles. The summed E-state index contributed by atoms with van der Waals surface area (Å²) in [6, 6.07) is 6.86. The molecular weight excluding hydrogens is 290 g/mol. The van der Waals surface area contributed by atoms with Gasteiger partial charge >= 0.3 is 0 Å². The standard InChI is InChI=1S/C15H24BrNO/c1-11(2)5-7-13(17-3)9-12-6-8-15(18-4)14(16)10-12/h6,8,10-11,13,17H,5,7,9H2,1-4H3. The molecule has 0 amide bonds. The third kappa shape index (κ3) is 4.99. The zero-order valence-corrected chi connectivity index (χ0v) is 13.4. The quantitative estimate of drug-likeness (QED) is 0.820. The first-order valence-electron chi connectivity index (χ1n) is 6.56. The van der Waals surface area contributed by atoms with Crippen molar-refractivity contribution in [3.8, 4) is 5.75 Å². The number of benzene rings is 1. The highest BCUT2D eigenvalue weighted by Gasteiger charge is 2.09. The average Bonchev–Trinajstić information content (AvgIpc) is 2.34. The zero-order chi connectivity index (χ0) is 13.5. The van der Waals surface area contributed by atoms with Gasteiger partial charge in [0.2, 0.25) is 0 Å². The Hall–Kier alpha value is -0.540. The second-order valence-electron chi connectivity index (χ2n) is 5.13. The molecule has 3 heteroatoms. The van der Waals surface area contributed by atoms with Gasteiger partial charge in [-0.25, -0.2) is 0 Å². The number of halogens is 1. The molecule has 0 bridgehead atoms. The van der Waals surface area contributed by atoms with Crippen LogP contribution >= 0.6 is 15.9 Å². The molecule has 0 fully saturated rings. The summed E-state index contributed by atoms with van der Waals surface area (Å²) < 4.78 is 6.28. The van der Waals surface area contributed by atoms with Crippen molar-refractivity contribution >= 4 is 15.9 Å². The maximum atomic E-state index is 5.25. The van der Waals surface area contributed by atoms with Gasteiger partial charge in [-0.15, -0.1) is 0 Å². The Kier molecular flexibility index (Phi) is 6.72. The SMILES string of the molecule is CNC(CCC(C)C)Cc1ccc(OC)c(Br)c1. The van der Waals surface area contributed by atoms with Crippen molar-refractivity contribution in [2.45, 2.75) is 39.2 Å². The Morgan fingerprint density at radius 1 is 1.28 bits per heavy atom. The molecule has 2 nitrogen and oxygen atoms in total. The Morgan fingerprint density at radius 2 is 2.00 bits per heavy atom. The maximum Gasteiger partial charge on any atom is 0.133 e. The number of methoxy groups -OCH3 is 1. The van der Waals surface area contributed by atoms with Gasteiger partial charge in [0.25, 0.3) is 0 Å². The molecule has 0 saturated carbocycles. The van der Waals surface area contributed by atoms with Gasteiger partial charge in [-0.2, -0.15) is 0 Å². The van der Waals surface area contributed by atoms with Crippen LogP contribution in [0.15, 0.2) is 22.7 Å². The Bertz CT molecular complexity index is 366. The Labute approximate surface area is 119 Å². The van der Waals surface area contributed by atoms with E-state index in [0.29, 0.717) is 6.04 Å². The van der Waals surface area contributed by atoms with Crippen molar-refractivity contribution in [1.82, 2.24) is 5.32 Å². The molecule has 1 aromatic rings. The molecule has 0 radical (unpaired) electrons. The summed E-state index contributed by atoms with van der Waals surface area (Å²) in [5.41, 5.74) is 1.34. The van der Waals surface area contributed by atoms with Crippen LogP contribution in [0.3, 0.4) is 0 Å². The largest absolute Gasteiger partial charge is 0.496 e. The van der Waals surface area contributed by atoms with E-state index < -0.39 is 0 Å². The van der Waals surface area contributed by atoms with Gasteiger partial charge in [-0.3, -0.25) is 0 Å². The third-order valence-electron chi connectivity index (χ3n) is 3.20. The van der Waals surface area contributed by atoms with E-state index in [1.807, 2.05) is 13.1 Å². The van der Waals surface area contributed by atoms with E-state index in [0.717, 1.165) is 22.6 Å². The van der Waals surface area contributed by atoms with Crippen LogP contribution in [0.25, 0.3) is 0 Å². The molecule has 0 aliphatic carbocycles. The van der Waals surface area contributed by atoms with Crippen LogP contribution in [0, 0.1) is 5.92 Å². The van der Waals surface area contributed by atoms with Gasteiger partial charge in [0, 0.05) is 6.04 Å². The molecule has 1 N–H and O–H groups in total. The van der Waals surface area contributed by atoms with E-state index in [9.17, 15) is 0 Å². The molecule has 18 heavy (non-hydrogen) atoms. The van der Waals surface area contributed by atoms with E-state index in [-0.39, 0.29) is 0 Å². The molecule has 1 aromatic carbocycles. The zero-order valence-electron chi connectivity index (χ0n) is 11.8. The van der Waals surface area contributed by atoms with Gasteiger partial charge in [0.05, 0.1) is 11.6 Å². The maximum absolute atomic E-state index is 5.25. The lowest BCUT2D eigenvalue weighted by Gasteiger charge is -2.18. The predicted molar refractivity (Wildman–Crippen MR) is 81.3 cm³/mol. The van der Waals surface area contributed by atoms with Crippen molar-refractivity contribution in [3.05, 3.63) is 28.2 Å². The number of hydrogen-bond acceptors (Lipinski definition) is 2. The number of likely N-dealkylation sites (N-methyl/N-ethyl adjacent to an activating group) is 1. The van der Waals surface area contributed by atoms with Crippen molar-refractivity contribution in [1.29, 1.82) is 0 Å². The highest BCUT2D eigenvalue weighted by molar-refractivity contribution is 9.10. The lowest BCUT2D eigenvalue weighted by Crippen LogP contribution is -2.27. The molecular formula is C15H24BrNO. The number of nitrogens with one attached hydrogen (secondary N) is 1. The van der Waals surface area contributed by atoms with Gasteiger partial charge in [0.1, 0.15) is 5.75 Å². The van der Waals surface area contributed by atoms with Crippen molar-refractivity contribution < 1.29 is 4.74 Å². The van der Waals surface area contributed by atoms with Gasteiger partial charge in [0.15, 0.2) is 0 Å². The van der Waals surface area contributed by atoms with E-state index in [1.165, 1.54) is 18.4 Å². The van der Waals surface area contributed by atoms with Crippen LogP contribution in [-0.2, 0) is 6.42 Å². The monoisotopic (exact) mass is 313 g/mol. The number of ether oxygens (including phenoxy) is 1. The number of hydrogen-bond donors (Lipinski definition) is 1. The van der Waals surface area contributed by atoms with Crippen LogP contribution in [0.2, 0.25) is 0 Å². The smallest absolute Gasteiger partial charge is 0.133 e. The molecule has 0 aliphatic rings. The second-order valence-corrected chi connectivity index (χ2v) is 5.98. The fourth-order valence-corrected chi connectivity index (χ4v) is 2.59. The third-order valence-corrected chi connectivity index (χ3v) is 3.82. The minimum Gasteiger partial charge on any atom is -0.496 e. The van der Waals surface area contributed by atoms with Gasteiger partial charge in [-0.1, -0.05) is 19.9 Å². The Balaban J connectivity index is 2.61. The summed E-state index contributed by atoms with van der Waals surface area (Å²) in [5.74, 6) is 1.66. The van der Waals surface area contributed by atoms with Crippen molar-refractivity contribution in [2.24, 2.45) is 5.92 Å². The summed E-state index contributed by atoms with van der Waals surface area (Å²) in [5, 5.41) is 3.41. The summed E-state index contributed by atoms with van der Waals surface area (Å²) in [6.07, 6.45) is 3.55. The van der Waals surface area contributed by atoms with E-state index in [4.69, 9.17) is 4.74 Å². The minimum atomic E-state index is 0.549. The van der Waals surface area contributed by atoms with Crippen LogP contribution < -0.4 is 10.1 Å². The minimum absolute atomic E-state index is 0.549. The van der Waals surface area contributed by atoms with Gasteiger partial charge in [-0.05, 0) is 65.9 Å². The van der Waals surface area contributed by atoms with E-state index in [2.05, 4.69) is 47.2 Å². The van der Waals surface area contributed by atoms with E-state index >= 15 is 0 Å². The van der Waals surface area contributed by atoms with Crippen LogP contribution in [0.4, 0.5) is 0 Å². The topological polar surface area (TPSA) is 21.3 Å². The van der Waals surface area contributed by atoms with Crippen LogP contribution in [0.5, 0.6) is 5.75 Å². The van der Waals surface area contributed by atoms with Crippen LogP contribution in [-0.4, -0.2) is 20.2 Å². The highest BCUT2D eigenvalue weighted by atomic mass is 79.9. The fourth-order valence-electron chi connectivity index (χ4n) is 2.00. The average molecular weight is 314 g/mol. The molecule has 0 saturated heterocycles. The Morgan fingerprint density at radius 3 is 2.50 bits per heavy atom. The molecule has 1 unspecified atom stereocenters. The molecule has 102 valence electrons. The molecule has 0 heterocycles. The van der Waals surface area contributed by atoms with Gasteiger partial charge < -0.3 is 10.1 Å². The summed E-state index contributed by atoms with van der Waals surface area (Å²) >= 11 is 3.54. The van der Waals surface area contributed by atoms with Crippen LogP contribution in [0.1, 0.15) is 32.3 Å². The van der Waals surface area contributed by atoms with Crippen molar-refractivity contribution in [3.63, 3.8) is 0 Å². The molecule has 0 spiro atoms. The van der Waals surface area contributed by atoms with E-state index in [1.54, 1.807) is 7.11 Å². The highest BCUT2D eigenvalue weighted by Crippen LogP contribution is 2.26. The molecule has 1 atom stereocenters. The lowest BCUT2D eigenvalue weighted by atomic mass is 9.98. The first-order valence-corrected chi connectivity index (χ1v) is 7.35. The first-order chi connectivity index (χ1) is 8.56. The van der Waals surface area contributed by atoms with Crippen molar-refractivity contribution in [2.75, 3.05) is 14.2 Å². The summed E-state index contributed by atoms with van der Waals surface area (Å²) in [6.45, 7) is 4.55. The predicted octanol–water partition coefficient (Wildman–Crippen LogP) is 4.02. The summed E-state index contributed by atoms with van der Waals surface area (Å²) in [7, 11) is 3.74. The lowest BCUT2D eigenvalue weighted by molar-refractivity contribution is 0.411. The normalized spacial score (nSPS) is 12.8.